The Bertz CT molecular complexity index is 898. The lowest BCUT2D eigenvalue weighted by Crippen LogP contribution is -2.35. The van der Waals surface area contributed by atoms with Crippen LogP contribution in [0.4, 0.5) is 0 Å². The summed E-state index contributed by atoms with van der Waals surface area (Å²) in [6.45, 7) is 4.12. The number of rotatable bonds is 5. The standard InChI is InChI=1S/C28H44O2/c1-19-10-14-24(29)18-23(19)13-12-22-8-7-17-28(6)25(15-16-26(22)28)20(2)9-11-21(3)27(4,5)30/h9,11-13,20-21,24-26,29-30H,1,7-8,10,14-18H2,2-6H3/b11-9+,22-12?,23-13?/t20-,21+,24+,25-,26?,28-/m1/s1/i4D3,5D3. The van der Waals surface area contributed by atoms with Gasteiger partial charge in [-0.2, -0.15) is 0 Å². The van der Waals surface area contributed by atoms with Gasteiger partial charge in [0.2, 0.25) is 0 Å². The summed E-state index contributed by atoms with van der Waals surface area (Å²) in [6, 6.07) is 0. The van der Waals surface area contributed by atoms with Crippen molar-refractivity contribution in [1.29, 1.82) is 0 Å². The van der Waals surface area contributed by atoms with Gasteiger partial charge < -0.3 is 10.2 Å². The van der Waals surface area contributed by atoms with Crippen LogP contribution in [0.5, 0.6) is 0 Å². The number of hydrogen-bond donors (Lipinski definition) is 2. The highest BCUT2D eigenvalue weighted by Crippen LogP contribution is 2.59. The van der Waals surface area contributed by atoms with Crippen molar-refractivity contribution < 1.29 is 18.4 Å². The fourth-order valence-corrected chi connectivity index (χ4v) is 6.15. The summed E-state index contributed by atoms with van der Waals surface area (Å²) in [5.74, 6) is -0.0459. The molecule has 0 aliphatic heterocycles. The van der Waals surface area contributed by atoms with Crippen LogP contribution in [-0.4, -0.2) is 21.9 Å². The predicted octanol–water partition coefficient (Wildman–Crippen LogP) is 6.76. The average Bonchev–Trinajstić information content (AvgIpc) is 3.13. The van der Waals surface area contributed by atoms with E-state index in [-0.39, 0.29) is 17.4 Å². The average molecular weight is 419 g/mol. The molecular weight excluding hydrogens is 368 g/mol. The molecule has 0 bridgehead atoms. The van der Waals surface area contributed by atoms with Gasteiger partial charge in [-0.05, 0) is 93.8 Å². The zero-order chi connectivity index (χ0) is 27.1. The first-order valence-corrected chi connectivity index (χ1v) is 11.7. The third-order valence-electron chi connectivity index (χ3n) is 8.22. The van der Waals surface area contributed by atoms with Gasteiger partial charge in [-0.15, -0.1) is 0 Å². The van der Waals surface area contributed by atoms with E-state index in [0.29, 0.717) is 18.3 Å². The zero-order valence-corrected chi connectivity index (χ0v) is 19.0. The molecule has 2 heteroatoms. The van der Waals surface area contributed by atoms with Gasteiger partial charge in [-0.3, -0.25) is 0 Å². The molecule has 0 aromatic carbocycles. The van der Waals surface area contributed by atoms with E-state index in [0.717, 1.165) is 56.1 Å². The van der Waals surface area contributed by atoms with Gasteiger partial charge in [-0.1, -0.05) is 62.8 Å². The smallest absolute Gasteiger partial charge is 0.0651 e. The molecule has 3 rings (SSSR count). The van der Waals surface area contributed by atoms with Gasteiger partial charge >= 0.3 is 0 Å². The maximum Gasteiger partial charge on any atom is 0.0651 e. The topological polar surface area (TPSA) is 40.5 Å². The Kier molecular flexibility index (Phi) is 5.04. The Morgan fingerprint density at radius 1 is 1.17 bits per heavy atom. The summed E-state index contributed by atoms with van der Waals surface area (Å²) in [7, 11) is 0. The van der Waals surface area contributed by atoms with E-state index in [1.54, 1.807) is 6.08 Å². The van der Waals surface area contributed by atoms with Crippen molar-refractivity contribution in [2.45, 2.75) is 97.5 Å². The van der Waals surface area contributed by atoms with Crippen LogP contribution in [0.3, 0.4) is 0 Å². The van der Waals surface area contributed by atoms with Crippen molar-refractivity contribution in [3.63, 3.8) is 0 Å². The molecule has 0 aromatic heterocycles. The minimum Gasteiger partial charge on any atom is -0.393 e. The van der Waals surface area contributed by atoms with Crippen LogP contribution in [0.1, 0.15) is 94.1 Å². The van der Waals surface area contributed by atoms with Crippen molar-refractivity contribution in [3.8, 4) is 0 Å². The number of fused-ring (bicyclic) bond motifs is 1. The van der Waals surface area contributed by atoms with Crippen molar-refractivity contribution in [3.05, 3.63) is 47.6 Å². The molecule has 6 atom stereocenters. The predicted molar refractivity (Wildman–Crippen MR) is 127 cm³/mol. The number of hydrogen-bond acceptors (Lipinski definition) is 2. The van der Waals surface area contributed by atoms with Crippen molar-refractivity contribution >= 4 is 0 Å². The second-order valence-corrected chi connectivity index (χ2v) is 10.3. The highest BCUT2D eigenvalue weighted by atomic mass is 16.3. The van der Waals surface area contributed by atoms with Crippen LogP contribution in [0, 0.1) is 29.1 Å². The second kappa shape index (κ2) is 9.17. The first kappa shape index (κ1) is 16.5. The Morgan fingerprint density at radius 3 is 2.67 bits per heavy atom. The minimum absolute atomic E-state index is 0.114. The summed E-state index contributed by atoms with van der Waals surface area (Å²) in [5, 5.41) is 20.9. The normalized spacial score (nSPS) is 41.5. The molecule has 30 heavy (non-hydrogen) atoms. The van der Waals surface area contributed by atoms with E-state index in [1.165, 1.54) is 12.5 Å². The third-order valence-corrected chi connectivity index (χ3v) is 8.22. The molecule has 0 spiro atoms. The lowest BCUT2D eigenvalue weighted by atomic mass is 9.61. The van der Waals surface area contributed by atoms with Gasteiger partial charge in [0.25, 0.3) is 0 Å². The fraction of sp³-hybridized carbons (Fsp3) is 0.714. The van der Waals surface area contributed by atoms with Crippen LogP contribution < -0.4 is 0 Å². The fourth-order valence-electron chi connectivity index (χ4n) is 6.15. The van der Waals surface area contributed by atoms with Gasteiger partial charge in [0.1, 0.15) is 0 Å². The highest BCUT2D eigenvalue weighted by Gasteiger charge is 2.50. The SMILES string of the molecule is [2H]C([2H])([2H])C(O)([C@@H](C)/C=C/[C@@H](C)[C@H]1CCC2C(=CC=C3C[C@@H](O)CCC3=C)CCC[C@@]21C)C([2H])([2H])[2H]. The molecule has 0 radical (unpaired) electrons. The third kappa shape index (κ3) is 5.02. The van der Waals surface area contributed by atoms with Crippen molar-refractivity contribution in [2.24, 2.45) is 29.1 Å². The Morgan fingerprint density at radius 2 is 1.93 bits per heavy atom. The summed E-state index contributed by atoms with van der Waals surface area (Å²) < 4.78 is 46.2. The monoisotopic (exact) mass is 418 g/mol. The highest BCUT2D eigenvalue weighted by molar-refractivity contribution is 5.36. The first-order chi connectivity index (χ1) is 16.5. The van der Waals surface area contributed by atoms with Gasteiger partial charge in [0.15, 0.2) is 0 Å². The molecule has 3 aliphatic carbocycles. The molecule has 0 saturated heterocycles. The van der Waals surface area contributed by atoms with Gasteiger partial charge in [-0.25, -0.2) is 0 Å². The zero-order valence-electron chi connectivity index (χ0n) is 25.0. The Hall–Kier alpha value is -1.12. The van der Waals surface area contributed by atoms with Crippen molar-refractivity contribution in [1.82, 2.24) is 0 Å². The van der Waals surface area contributed by atoms with E-state index in [2.05, 4.69) is 32.6 Å². The van der Waals surface area contributed by atoms with Crippen LogP contribution in [0.15, 0.2) is 47.6 Å². The van der Waals surface area contributed by atoms with Crippen LogP contribution in [0.2, 0.25) is 0 Å². The molecule has 3 saturated carbocycles. The largest absolute Gasteiger partial charge is 0.393 e. The van der Waals surface area contributed by atoms with Crippen LogP contribution >= 0.6 is 0 Å². The number of allylic oxidation sites excluding steroid dienone is 5. The maximum absolute atomic E-state index is 10.8. The first-order valence-electron chi connectivity index (χ1n) is 14.7. The van der Waals surface area contributed by atoms with Crippen LogP contribution in [0.25, 0.3) is 0 Å². The molecule has 1 unspecified atom stereocenters. The lowest BCUT2D eigenvalue weighted by molar-refractivity contribution is 0.0436. The summed E-state index contributed by atoms with van der Waals surface area (Å²) >= 11 is 0. The van der Waals surface area contributed by atoms with E-state index in [4.69, 9.17) is 8.22 Å². The summed E-state index contributed by atoms with van der Waals surface area (Å²) in [6.07, 6.45) is 15.5. The molecule has 2 N–H and O–H groups in total. The molecule has 3 fully saturated rings. The Balaban J connectivity index is 1.78. The summed E-state index contributed by atoms with van der Waals surface area (Å²) in [5.41, 5.74) is 1.08. The molecule has 168 valence electrons. The van der Waals surface area contributed by atoms with Gasteiger partial charge in [0.05, 0.1) is 11.7 Å². The molecule has 0 amide bonds. The van der Waals surface area contributed by atoms with E-state index in [1.807, 2.05) is 6.08 Å². The lowest BCUT2D eigenvalue weighted by Gasteiger charge is -2.44. The van der Waals surface area contributed by atoms with Crippen molar-refractivity contribution in [2.75, 3.05) is 0 Å². The van der Waals surface area contributed by atoms with E-state index in [9.17, 15) is 10.2 Å². The molecular formula is C28H44O2. The van der Waals surface area contributed by atoms with E-state index >= 15 is 0 Å². The second-order valence-electron chi connectivity index (χ2n) is 10.3. The van der Waals surface area contributed by atoms with Gasteiger partial charge in [0, 0.05) is 14.1 Å². The number of aliphatic hydroxyl groups is 2. The molecule has 3 aliphatic rings. The maximum atomic E-state index is 10.8. The minimum atomic E-state index is -3.02. The Labute approximate surface area is 193 Å². The molecule has 2 nitrogen and oxygen atoms in total. The molecule has 0 heterocycles. The van der Waals surface area contributed by atoms with Crippen LogP contribution in [-0.2, 0) is 0 Å². The number of aliphatic hydroxyl groups excluding tert-OH is 1. The quantitative estimate of drug-likeness (QED) is 0.484. The van der Waals surface area contributed by atoms with E-state index < -0.39 is 25.2 Å². The molecule has 0 aromatic rings. The summed E-state index contributed by atoms with van der Waals surface area (Å²) in [4.78, 5) is 0.